The van der Waals surface area contributed by atoms with Crippen LogP contribution in [-0.4, -0.2) is 37.1 Å². The van der Waals surface area contributed by atoms with Gasteiger partial charge in [0.15, 0.2) is 6.61 Å². The van der Waals surface area contributed by atoms with E-state index in [0.717, 1.165) is 0 Å². The Morgan fingerprint density at radius 2 is 1.59 bits per heavy atom. The van der Waals surface area contributed by atoms with E-state index >= 15 is 0 Å². The molecule has 0 aliphatic carbocycles. The second-order valence-electron chi connectivity index (χ2n) is 6.01. The van der Waals surface area contributed by atoms with Crippen LogP contribution in [-0.2, 0) is 9.59 Å². The first-order chi connectivity index (χ1) is 13.9. The molecule has 3 amide bonds. The number of hydrazone groups is 1. The lowest BCUT2D eigenvalue weighted by Crippen LogP contribution is -2.26. The number of hydrogen-bond donors (Lipinski definition) is 3. The second kappa shape index (κ2) is 10.5. The minimum Gasteiger partial charge on any atom is -0.497 e. The summed E-state index contributed by atoms with van der Waals surface area (Å²) in [6, 6.07) is 13.0. The number of benzene rings is 2. The maximum absolute atomic E-state index is 12.0. The Morgan fingerprint density at radius 1 is 0.966 bits per heavy atom. The molecule has 152 valence electrons. The largest absolute Gasteiger partial charge is 0.497 e. The van der Waals surface area contributed by atoms with E-state index in [0.29, 0.717) is 28.5 Å². The molecule has 0 unspecified atom stereocenters. The number of carbonyl (C=O) groups excluding carboxylic acids is 3. The molecule has 9 nitrogen and oxygen atoms in total. The third-order valence-electron chi connectivity index (χ3n) is 3.67. The van der Waals surface area contributed by atoms with Crippen LogP contribution >= 0.6 is 0 Å². The molecule has 9 heteroatoms. The monoisotopic (exact) mass is 398 g/mol. The number of nitrogens with zero attached hydrogens (tertiary/aromatic N) is 1. The molecular formula is C20H22N4O5. The zero-order chi connectivity index (χ0) is 21.2. The Morgan fingerprint density at radius 3 is 2.17 bits per heavy atom. The molecule has 4 N–H and O–H groups in total. The molecule has 29 heavy (non-hydrogen) atoms. The van der Waals surface area contributed by atoms with E-state index in [4.69, 9.17) is 15.2 Å². The van der Waals surface area contributed by atoms with E-state index in [1.54, 1.807) is 50.4 Å². The standard InChI is InChI=1S/C20H22N4O5/c1-13(11-18(25)22-15-5-3-14(4-6-15)20(21)27)23-24-19(26)12-29-17-9-7-16(28-2)8-10-17/h3-10H,11-12H2,1-2H3,(H2,21,27)(H,22,25)(H,24,26)/b23-13-. The predicted octanol–water partition coefficient (Wildman–Crippen LogP) is 1.69. The van der Waals surface area contributed by atoms with Crippen molar-refractivity contribution in [2.75, 3.05) is 19.0 Å². The fourth-order valence-electron chi connectivity index (χ4n) is 2.21. The molecule has 0 heterocycles. The Kier molecular flexibility index (Phi) is 7.72. The van der Waals surface area contributed by atoms with Gasteiger partial charge >= 0.3 is 0 Å². The molecule has 2 aromatic carbocycles. The highest BCUT2D eigenvalue weighted by molar-refractivity contribution is 6.06. The van der Waals surface area contributed by atoms with Gasteiger partial charge in [0.2, 0.25) is 11.8 Å². The number of amides is 3. The molecule has 2 rings (SSSR count). The van der Waals surface area contributed by atoms with E-state index < -0.39 is 11.8 Å². The normalized spacial score (nSPS) is 10.8. The number of carbonyl (C=O) groups is 3. The number of rotatable bonds is 9. The molecule has 0 spiro atoms. The number of anilines is 1. The third kappa shape index (κ3) is 7.33. The summed E-state index contributed by atoms with van der Waals surface area (Å²) in [4.78, 5) is 34.9. The van der Waals surface area contributed by atoms with Crippen molar-refractivity contribution in [1.29, 1.82) is 0 Å². The zero-order valence-electron chi connectivity index (χ0n) is 16.1. The Balaban J connectivity index is 1.75. The number of methoxy groups -OCH3 is 1. The van der Waals surface area contributed by atoms with Gasteiger partial charge in [0, 0.05) is 17.0 Å². The van der Waals surface area contributed by atoms with Crippen molar-refractivity contribution >= 4 is 29.1 Å². The smallest absolute Gasteiger partial charge is 0.277 e. The highest BCUT2D eigenvalue weighted by Gasteiger charge is 2.07. The van der Waals surface area contributed by atoms with Crippen molar-refractivity contribution in [3.05, 3.63) is 54.1 Å². The van der Waals surface area contributed by atoms with Gasteiger partial charge in [-0.05, 0) is 55.5 Å². The summed E-state index contributed by atoms with van der Waals surface area (Å²) < 4.78 is 10.4. The van der Waals surface area contributed by atoms with Gasteiger partial charge in [0.1, 0.15) is 11.5 Å². The Labute approximate surface area is 167 Å². The Bertz CT molecular complexity index is 892. The van der Waals surface area contributed by atoms with Crippen molar-refractivity contribution in [3.63, 3.8) is 0 Å². The van der Waals surface area contributed by atoms with Crippen LogP contribution < -0.4 is 25.9 Å². The average Bonchev–Trinajstić information content (AvgIpc) is 2.71. The molecule has 0 aromatic heterocycles. The number of nitrogens with two attached hydrogens (primary N) is 1. The van der Waals surface area contributed by atoms with Crippen LogP contribution in [0.25, 0.3) is 0 Å². The zero-order valence-corrected chi connectivity index (χ0v) is 16.1. The fourth-order valence-corrected chi connectivity index (χ4v) is 2.21. The van der Waals surface area contributed by atoms with Crippen LogP contribution in [0.2, 0.25) is 0 Å². The van der Waals surface area contributed by atoms with Gasteiger partial charge in [-0.2, -0.15) is 5.10 Å². The molecule has 2 aromatic rings. The highest BCUT2D eigenvalue weighted by atomic mass is 16.5. The summed E-state index contributed by atoms with van der Waals surface area (Å²) in [5.41, 5.74) is 8.77. The molecule has 0 bridgehead atoms. The summed E-state index contributed by atoms with van der Waals surface area (Å²) in [6.45, 7) is 1.39. The van der Waals surface area contributed by atoms with Crippen LogP contribution in [0, 0.1) is 0 Å². The molecule has 0 atom stereocenters. The van der Waals surface area contributed by atoms with Crippen molar-refractivity contribution in [1.82, 2.24) is 5.43 Å². The lowest BCUT2D eigenvalue weighted by atomic mass is 10.2. The third-order valence-corrected chi connectivity index (χ3v) is 3.67. The predicted molar refractivity (Wildman–Crippen MR) is 108 cm³/mol. The molecular weight excluding hydrogens is 376 g/mol. The van der Waals surface area contributed by atoms with Gasteiger partial charge in [0.05, 0.1) is 13.5 Å². The lowest BCUT2D eigenvalue weighted by molar-refractivity contribution is -0.123. The van der Waals surface area contributed by atoms with Crippen molar-refractivity contribution in [3.8, 4) is 11.5 Å². The number of ether oxygens (including phenoxy) is 2. The number of primary amides is 1. The van der Waals surface area contributed by atoms with Gasteiger partial charge in [-0.1, -0.05) is 0 Å². The average molecular weight is 398 g/mol. The maximum atomic E-state index is 12.0. The first-order valence-electron chi connectivity index (χ1n) is 8.66. The summed E-state index contributed by atoms with van der Waals surface area (Å²) in [7, 11) is 1.56. The van der Waals surface area contributed by atoms with E-state index in [2.05, 4.69) is 15.8 Å². The number of hydrogen-bond acceptors (Lipinski definition) is 6. The van der Waals surface area contributed by atoms with Crippen LogP contribution in [0.3, 0.4) is 0 Å². The Hall–Kier alpha value is -3.88. The molecule has 0 saturated heterocycles. The first-order valence-corrected chi connectivity index (χ1v) is 8.66. The molecule has 0 saturated carbocycles. The topological polar surface area (TPSA) is 132 Å². The minimum absolute atomic E-state index is 0.0167. The first kappa shape index (κ1) is 21.4. The van der Waals surface area contributed by atoms with Crippen LogP contribution in [0.1, 0.15) is 23.7 Å². The van der Waals surface area contributed by atoms with E-state index in [-0.39, 0.29) is 18.9 Å². The van der Waals surface area contributed by atoms with Gasteiger partial charge in [0.25, 0.3) is 5.91 Å². The van der Waals surface area contributed by atoms with Crippen LogP contribution in [0.5, 0.6) is 11.5 Å². The highest BCUT2D eigenvalue weighted by Crippen LogP contribution is 2.16. The van der Waals surface area contributed by atoms with Crippen molar-refractivity contribution in [2.45, 2.75) is 13.3 Å². The fraction of sp³-hybridized carbons (Fsp3) is 0.200. The number of nitrogens with one attached hydrogen (secondary N) is 2. The SMILES string of the molecule is COc1ccc(OCC(=O)N/N=C(/C)CC(=O)Nc2ccc(C(N)=O)cc2)cc1. The second-order valence-corrected chi connectivity index (χ2v) is 6.01. The lowest BCUT2D eigenvalue weighted by Gasteiger charge is -2.07. The quantitative estimate of drug-likeness (QED) is 0.437. The van der Waals surface area contributed by atoms with E-state index in [1.807, 2.05) is 0 Å². The van der Waals surface area contributed by atoms with Crippen molar-refractivity contribution in [2.24, 2.45) is 10.8 Å². The molecule has 0 aliphatic rings. The van der Waals surface area contributed by atoms with Gasteiger partial charge < -0.3 is 20.5 Å². The van der Waals surface area contributed by atoms with E-state index in [1.165, 1.54) is 12.1 Å². The van der Waals surface area contributed by atoms with Gasteiger partial charge in [-0.25, -0.2) is 5.43 Å². The van der Waals surface area contributed by atoms with E-state index in [9.17, 15) is 14.4 Å². The van der Waals surface area contributed by atoms with Crippen LogP contribution in [0.15, 0.2) is 53.6 Å². The minimum atomic E-state index is -0.544. The summed E-state index contributed by atoms with van der Waals surface area (Å²) in [5, 5.41) is 6.54. The molecule has 0 aliphatic heterocycles. The van der Waals surface area contributed by atoms with Crippen LogP contribution in [0.4, 0.5) is 5.69 Å². The molecule has 0 radical (unpaired) electrons. The molecule has 0 fully saturated rings. The summed E-state index contributed by atoms with van der Waals surface area (Å²) in [6.07, 6.45) is -0.0167. The summed E-state index contributed by atoms with van der Waals surface area (Å²) >= 11 is 0. The van der Waals surface area contributed by atoms with Crippen molar-refractivity contribution < 1.29 is 23.9 Å². The summed E-state index contributed by atoms with van der Waals surface area (Å²) in [5.74, 6) is -0.116. The van der Waals surface area contributed by atoms with Gasteiger partial charge in [-0.3, -0.25) is 14.4 Å². The van der Waals surface area contributed by atoms with Gasteiger partial charge in [-0.15, -0.1) is 0 Å². The maximum Gasteiger partial charge on any atom is 0.277 e.